The molecule has 2 heteroatoms. The van der Waals surface area contributed by atoms with Gasteiger partial charge in [0.15, 0.2) is 0 Å². The highest BCUT2D eigenvalue weighted by Crippen LogP contribution is 2.30. The smallest absolute Gasteiger partial charge is 0.0372 e. The fourth-order valence-corrected chi connectivity index (χ4v) is 2.73. The fraction of sp³-hybridized carbons (Fsp3) is 0.667. The van der Waals surface area contributed by atoms with Crippen molar-refractivity contribution < 1.29 is 0 Å². The molecule has 1 unspecified atom stereocenters. The second-order valence-corrected chi connectivity index (χ2v) is 5.63. The maximum atomic E-state index is 4.44. The standard InChI is InChI=1S/C15H24N2/c1-12(2)11-17-9-5-4-6-15(17)14-8-7-13(3)16-10-14/h7-8,10,12,15H,4-6,9,11H2,1-3H3. The molecule has 0 aromatic carbocycles. The van der Waals surface area contributed by atoms with Crippen LogP contribution >= 0.6 is 0 Å². The number of hydrogen-bond acceptors (Lipinski definition) is 2. The highest BCUT2D eigenvalue weighted by molar-refractivity contribution is 5.18. The molecule has 0 N–H and O–H groups in total. The van der Waals surface area contributed by atoms with Crippen molar-refractivity contribution in [2.45, 2.75) is 46.1 Å². The third-order valence-electron chi connectivity index (χ3n) is 3.53. The van der Waals surface area contributed by atoms with E-state index in [0.29, 0.717) is 6.04 Å². The molecule has 2 heterocycles. The number of aryl methyl sites for hydroxylation is 1. The van der Waals surface area contributed by atoms with E-state index in [0.717, 1.165) is 11.6 Å². The van der Waals surface area contributed by atoms with Crippen LogP contribution in [0.25, 0.3) is 0 Å². The Morgan fingerprint density at radius 1 is 1.35 bits per heavy atom. The van der Waals surface area contributed by atoms with E-state index in [1.54, 1.807) is 0 Å². The molecular weight excluding hydrogens is 208 g/mol. The molecule has 0 aliphatic carbocycles. The van der Waals surface area contributed by atoms with Crippen LogP contribution in [0.15, 0.2) is 18.3 Å². The Morgan fingerprint density at radius 3 is 2.82 bits per heavy atom. The molecule has 2 rings (SSSR count). The van der Waals surface area contributed by atoms with Gasteiger partial charge in [-0.25, -0.2) is 0 Å². The van der Waals surface area contributed by atoms with E-state index in [9.17, 15) is 0 Å². The molecule has 1 aliphatic heterocycles. The van der Waals surface area contributed by atoms with Gasteiger partial charge in [-0.3, -0.25) is 9.88 Å². The molecule has 0 spiro atoms. The van der Waals surface area contributed by atoms with E-state index in [1.165, 1.54) is 37.9 Å². The summed E-state index contributed by atoms with van der Waals surface area (Å²) in [5.41, 5.74) is 2.51. The molecule has 0 amide bonds. The van der Waals surface area contributed by atoms with Crippen LogP contribution < -0.4 is 0 Å². The summed E-state index contributed by atoms with van der Waals surface area (Å²) in [5, 5.41) is 0. The summed E-state index contributed by atoms with van der Waals surface area (Å²) in [6.45, 7) is 9.11. The van der Waals surface area contributed by atoms with Gasteiger partial charge in [0.25, 0.3) is 0 Å². The highest BCUT2D eigenvalue weighted by atomic mass is 15.2. The monoisotopic (exact) mass is 232 g/mol. The lowest BCUT2D eigenvalue weighted by atomic mass is 9.95. The molecule has 1 aliphatic rings. The molecule has 1 fully saturated rings. The minimum Gasteiger partial charge on any atom is -0.296 e. The zero-order chi connectivity index (χ0) is 12.3. The first kappa shape index (κ1) is 12.6. The number of aromatic nitrogens is 1. The lowest BCUT2D eigenvalue weighted by Gasteiger charge is -2.37. The van der Waals surface area contributed by atoms with Gasteiger partial charge in [0, 0.05) is 24.5 Å². The molecule has 1 atom stereocenters. The highest BCUT2D eigenvalue weighted by Gasteiger charge is 2.24. The van der Waals surface area contributed by atoms with Gasteiger partial charge >= 0.3 is 0 Å². The van der Waals surface area contributed by atoms with Crippen LogP contribution in [0.2, 0.25) is 0 Å². The van der Waals surface area contributed by atoms with Crippen molar-refractivity contribution in [3.63, 3.8) is 0 Å². The van der Waals surface area contributed by atoms with E-state index in [-0.39, 0.29) is 0 Å². The van der Waals surface area contributed by atoms with Gasteiger partial charge in [0.05, 0.1) is 0 Å². The molecule has 94 valence electrons. The number of piperidine rings is 1. The summed E-state index contributed by atoms with van der Waals surface area (Å²) in [7, 11) is 0. The minimum absolute atomic E-state index is 0.597. The lowest BCUT2D eigenvalue weighted by molar-refractivity contribution is 0.132. The predicted molar refractivity (Wildman–Crippen MR) is 72.0 cm³/mol. The first-order valence-corrected chi connectivity index (χ1v) is 6.83. The van der Waals surface area contributed by atoms with Gasteiger partial charge in [0.2, 0.25) is 0 Å². The largest absolute Gasteiger partial charge is 0.296 e. The van der Waals surface area contributed by atoms with Gasteiger partial charge in [-0.05, 0) is 43.9 Å². The van der Waals surface area contributed by atoms with E-state index < -0.39 is 0 Å². The number of hydrogen-bond donors (Lipinski definition) is 0. The predicted octanol–water partition coefficient (Wildman–Crippen LogP) is 3.57. The van der Waals surface area contributed by atoms with Crippen molar-refractivity contribution in [1.29, 1.82) is 0 Å². The number of pyridine rings is 1. The number of likely N-dealkylation sites (tertiary alicyclic amines) is 1. The zero-order valence-corrected chi connectivity index (χ0v) is 11.3. The summed E-state index contributed by atoms with van der Waals surface area (Å²) in [5.74, 6) is 0.744. The third kappa shape index (κ3) is 3.29. The second-order valence-electron chi connectivity index (χ2n) is 5.63. The number of rotatable bonds is 3. The van der Waals surface area contributed by atoms with Gasteiger partial charge in [0.1, 0.15) is 0 Å². The Labute approximate surface area is 105 Å². The van der Waals surface area contributed by atoms with Crippen molar-refractivity contribution in [3.05, 3.63) is 29.6 Å². The maximum absolute atomic E-state index is 4.44. The van der Waals surface area contributed by atoms with E-state index in [2.05, 4.69) is 49.0 Å². The van der Waals surface area contributed by atoms with Crippen molar-refractivity contribution >= 4 is 0 Å². The minimum atomic E-state index is 0.597. The van der Waals surface area contributed by atoms with Gasteiger partial charge in [-0.2, -0.15) is 0 Å². The zero-order valence-electron chi connectivity index (χ0n) is 11.3. The molecule has 0 bridgehead atoms. The van der Waals surface area contributed by atoms with Crippen molar-refractivity contribution in [3.8, 4) is 0 Å². The summed E-state index contributed by atoms with van der Waals surface area (Å²) in [6, 6.07) is 4.99. The second kappa shape index (κ2) is 5.63. The first-order chi connectivity index (χ1) is 8.16. The topological polar surface area (TPSA) is 16.1 Å². The normalized spacial score (nSPS) is 22.0. The third-order valence-corrected chi connectivity index (χ3v) is 3.53. The Hall–Kier alpha value is -0.890. The molecule has 1 saturated heterocycles. The quantitative estimate of drug-likeness (QED) is 0.792. The molecular formula is C15H24N2. The lowest BCUT2D eigenvalue weighted by Crippen LogP contribution is -2.36. The van der Waals surface area contributed by atoms with E-state index >= 15 is 0 Å². The molecule has 2 nitrogen and oxygen atoms in total. The summed E-state index contributed by atoms with van der Waals surface area (Å²) < 4.78 is 0. The Morgan fingerprint density at radius 2 is 2.18 bits per heavy atom. The molecule has 0 saturated carbocycles. The van der Waals surface area contributed by atoms with Gasteiger partial charge < -0.3 is 0 Å². The van der Waals surface area contributed by atoms with E-state index in [1.807, 2.05) is 0 Å². The molecule has 17 heavy (non-hydrogen) atoms. The Kier molecular flexibility index (Phi) is 4.16. The molecule has 0 radical (unpaired) electrons. The average molecular weight is 232 g/mol. The van der Waals surface area contributed by atoms with Crippen LogP contribution in [-0.2, 0) is 0 Å². The molecule has 1 aromatic rings. The summed E-state index contributed by atoms with van der Waals surface area (Å²) in [6.07, 6.45) is 6.06. The SMILES string of the molecule is Cc1ccc(C2CCCCN2CC(C)C)cn1. The van der Waals surface area contributed by atoms with Gasteiger partial charge in [-0.1, -0.05) is 26.3 Å². The van der Waals surface area contributed by atoms with Gasteiger partial charge in [-0.15, -0.1) is 0 Å². The van der Waals surface area contributed by atoms with Crippen LogP contribution in [0.3, 0.4) is 0 Å². The van der Waals surface area contributed by atoms with Crippen molar-refractivity contribution in [2.24, 2.45) is 5.92 Å². The van der Waals surface area contributed by atoms with Crippen molar-refractivity contribution in [1.82, 2.24) is 9.88 Å². The van der Waals surface area contributed by atoms with Crippen molar-refractivity contribution in [2.75, 3.05) is 13.1 Å². The van der Waals surface area contributed by atoms with Crippen LogP contribution in [0.5, 0.6) is 0 Å². The fourth-order valence-electron chi connectivity index (χ4n) is 2.73. The molecule has 1 aromatic heterocycles. The van der Waals surface area contributed by atoms with Crippen LogP contribution in [0.1, 0.15) is 50.4 Å². The summed E-state index contributed by atoms with van der Waals surface area (Å²) >= 11 is 0. The Bertz CT molecular complexity index is 342. The Balaban J connectivity index is 2.12. The average Bonchev–Trinajstić information content (AvgIpc) is 2.30. The summed E-state index contributed by atoms with van der Waals surface area (Å²) in [4.78, 5) is 7.08. The van der Waals surface area contributed by atoms with E-state index in [4.69, 9.17) is 0 Å². The number of nitrogens with zero attached hydrogens (tertiary/aromatic N) is 2. The van der Waals surface area contributed by atoms with Crippen LogP contribution in [0, 0.1) is 12.8 Å². The van der Waals surface area contributed by atoms with Crippen LogP contribution in [-0.4, -0.2) is 23.0 Å². The first-order valence-electron chi connectivity index (χ1n) is 6.83. The maximum Gasteiger partial charge on any atom is 0.0372 e. The van der Waals surface area contributed by atoms with Crippen LogP contribution in [0.4, 0.5) is 0 Å².